The van der Waals surface area contributed by atoms with Crippen LogP contribution in [0.25, 0.3) is 29.4 Å². The van der Waals surface area contributed by atoms with Gasteiger partial charge in [-0.3, -0.25) is 0 Å². The summed E-state index contributed by atoms with van der Waals surface area (Å²) in [7, 11) is 0. The second-order valence-corrected chi connectivity index (χ2v) is 6.41. The fraction of sp³-hybridized carbons (Fsp3) is 0.120. The molecule has 0 heterocycles. The van der Waals surface area contributed by atoms with Gasteiger partial charge in [0.1, 0.15) is 0 Å². The van der Waals surface area contributed by atoms with Crippen LogP contribution in [-0.4, -0.2) is 6.61 Å². The van der Waals surface area contributed by atoms with E-state index in [4.69, 9.17) is 4.74 Å². The Morgan fingerprint density at radius 2 is 1.38 bits per heavy atom. The highest BCUT2D eigenvalue weighted by Crippen LogP contribution is 2.26. The van der Waals surface area contributed by atoms with Crippen LogP contribution in [0.5, 0.6) is 5.75 Å². The first-order valence-electron chi connectivity index (χ1n) is 9.35. The van der Waals surface area contributed by atoms with E-state index in [1.54, 1.807) is 50.3 Å². The Hall–Kier alpha value is -3.27. The minimum absolute atomic E-state index is 0.174. The van der Waals surface area contributed by atoms with Crippen LogP contribution in [0, 0.1) is 17.5 Å². The molecular weight excluding hydrogens is 373 g/mol. The largest absolute Gasteiger partial charge is 0.491 e. The van der Waals surface area contributed by atoms with Crippen LogP contribution in [0.4, 0.5) is 13.2 Å². The molecule has 0 saturated carbocycles. The van der Waals surface area contributed by atoms with E-state index >= 15 is 0 Å². The maximum atomic E-state index is 14.2. The first kappa shape index (κ1) is 20.5. The lowest BCUT2D eigenvalue weighted by molar-refractivity contribution is 0.321. The minimum atomic E-state index is -0.877. The summed E-state index contributed by atoms with van der Waals surface area (Å²) in [6.45, 7) is 3.95. The Morgan fingerprint density at radius 1 is 0.759 bits per heavy atom. The second kappa shape index (κ2) is 9.28. The van der Waals surface area contributed by atoms with Gasteiger partial charge in [-0.05, 0) is 42.7 Å². The summed E-state index contributed by atoms with van der Waals surface area (Å²) in [5.41, 5.74) is 2.78. The van der Waals surface area contributed by atoms with Crippen molar-refractivity contribution in [1.29, 1.82) is 0 Å². The van der Waals surface area contributed by atoms with Gasteiger partial charge in [0.25, 0.3) is 0 Å². The molecule has 0 saturated heterocycles. The molecule has 4 heteroatoms. The molecule has 0 aromatic heterocycles. The molecule has 0 unspecified atom stereocenters. The maximum Gasteiger partial charge on any atom is 0.166 e. The topological polar surface area (TPSA) is 9.23 Å². The van der Waals surface area contributed by atoms with E-state index in [2.05, 4.69) is 0 Å². The van der Waals surface area contributed by atoms with E-state index in [0.29, 0.717) is 6.61 Å². The van der Waals surface area contributed by atoms with Crippen molar-refractivity contribution in [3.05, 3.63) is 94.8 Å². The number of hydrogen-bond acceptors (Lipinski definition) is 1. The molecule has 3 rings (SSSR count). The Kier molecular flexibility index (Phi) is 6.55. The number of rotatable bonds is 6. The van der Waals surface area contributed by atoms with Crippen LogP contribution in [-0.2, 0) is 0 Å². The average Bonchev–Trinajstić information content (AvgIpc) is 2.73. The monoisotopic (exact) mass is 394 g/mol. The van der Waals surface area contributed by atoms with E-state index in [1.807, 2.05) is 24.3 Å². The molecule has 0 atom stereocenters. The SMILES string of the molecule is C/C=C/c1ccc(/C=C/c2ccc(-c3ccc(OCC)c(F)c3)cc2)c(F)c1F. The third kappa shape index (κ3) is 4.77. The zero-order valence-corrected chi connectivity index (χ0v) is 16.3. The number of halogens is 3. The van der Waals surface area contributed by atoms with Crippen LogP contribution in [0.1, 0.15) is 30.5 Å². The summed E-state index contributed by atoms with van der Waals surface area (Å²) in [5.74, 6) is -1.92. The fourth-order valence-corrected chi connectivity index (χ4v) is 2.94. The number of allylic oxidation sites excluding steroid dienone is 1. The predicted molar refractivity (Wildman–Crippen MR) is 113 cm³/mol. The lowest BCUT2D eigenvalue weighted by Crippen LogP contribution is -1.94. The Labute approximate surface area is 168 Å². The molecule has 0 radical (unpaired) electrons. The highest BCUT2D eigenvalue weighted by atomic mass is 19.2. The van der Waals surface area contributed by atoms with Gasteiger partial charge in [0.15, 0.2) is 23.2 Å². The Balaban J connectivity index is 1.79. The number of benzene rings is 3. The van der Waals surface area contributed by atoms with Crippen molar-refractivity contribution >= 4 is 18.2 Å². The van der Waals surface area contributed by atoms with Gasteiger partial charge in [0, 0.05) is 11.1 Å². The van der Waals surface area contributed by atoms with Gasteiger partial charge in [-0.25, -0.2) is 13.2 Å². The Morgan fingerprint density at radius 3 is 1.97 bits per heavy atom. The van der Waals surface area contributed by atoms with E-state index < -0.39 is 17.5 Å². The average molecular weight is 394 g/mol. The van der Waals surface area contributed by atoms with Crippen LogP contribution >= 0.6 is 0 Å². The molecule has 148 valence electrons. The van der Waals surface area contributed by atoms with Gasteiger partial charge in [0.2, 0.25) is 0 Å². The quantitative estimate of drug-likeness (QED) is 0.397. The normalized spacial score (nSPS) is 11.5. The van der Waals surface area contributed by atoms with Crippen molar-refractivity contribution < 1.29 is 17.9 Å². The molecule has 0 spiro atoms. The van der Waals surface area contributed by atoms with Crippen molar-refractivity contribution in [2.24, 2.45) is 0 Å². The van der Waals surface area contributed by atoms with Gasteiger partial charge in [0.05, 0.1) is 6.61 Å². The highest BCUT2D eigenvalue weighted by molar-refractivity contribution is 5.73. The molecule has 0 aliphatic heterocycles. The molecule has 29 heavy (non-hydrogen) atoms. The van der Waals surface area contributed by atoms with Gasteiger partial charge in [-0.1, -0.05) is 66.8 Å². The predicted octanol–water partition coefficient (Wildman–Crippen LogP) is 7.37. The number of ether oxygens (including phenoxy) is 1. The summed E-state index contributed by atoms with van der Waals surface area (Å²) in [6, 6.07) is 15.3. The maximum absolute atomic E-state index is 14.2. The van der Waals surface area contributed by atoms with Crippen LogP contribution in [0.3, 0.4) is 0 Å². The summed E-state index contributed by atoms with van der Waals surface area (Å²) < 4.78 is 47.5. The second-order valence-electron chi connectivity index (χ2n) is 6.41. The number of hydrogen-bond donors (Lipinski definition) is 0. The van der Waals surface area contributed by atoms with Crippen molar-refractivity contribution in [2.45, 2.75) is 13.8 Å². The van der Waals surface area contributed by atoms with Crippen LogP contribution in [0.2, 0.25) is 0 Å². The fourth-order valence-electron chi connectivity index (χ4n) is 2.94. The van der Waals surface area contributed by atoms with E-state index in [-0.39, 0.29) is 16.9 Å². The molecule has 3 aromatic carbocycles. The first-order chi connectivity index (χ1) is 14.0. The third-order valence-corrected chi connectivity index (χ3v) is 4.42. The van der Waals surface area contributed by atoms with E-state index in [9.17, 15) is 13.2 Å². The molecular formula is C25H21F3O. The smallest absolute Gasteiger partial charge is 0.166 e. The molecule has 1 nitrogen and oxygen atoms in total. The zero-order chi connectivity index (χ0) is 20.8. The third-order valence-electron chi connectivity index (χ3n) is 4.42. The van der Waals surface area contributed by atoms with Crippen LogP contribution < -0.4 is 4.74 Å². The lowest BCUT2D eigenvalue weighted by atomic mass is 10.0. The molecule has 0 fully saturated rings. The molecule has 0 aliphatic rings. The van der Waals surface area contributed by atoms with E-state index in [1.165, 1.54) is 18.2 Å². The molecule has 0 aliphatic carbocycles. The van der Waals surface area contributed by atoms with Crippen molar-refractivity contribution in [3.63, 3.8) is 0 Å². The molecule has 0 N–H and O–H groups in total. The van der Waals surface area contributed by atoms with Gasteiger partial charge >= 0.3 is 0 Å². The zero-order valence-electron chi connectivity index (χ0n) is 16.3. The minimum Gasteiger partial charge on any atom is -0.491 e. The summed E-state index contributed by atoms with van der Waals surface area (Å²) in [5, 5.41) is 0. The molecule has 3 aromatic rings. The Bertz CT molecular complexity index is 1050. The van der Waals surface area contributed by atoms with Gasteiger partial charge in [-0.15, -0.1) is 0 Å². The van der Waals surface area contributed by atoms with Gasteiger partial charge < -0.3 is 4.74 Å². The molecule has 0 amide bonds. The van der Waals surface area contributed by atoms with Crippen LogP contribution in [0.15, 0.2) is 60.7 Å². The lowest BCUT2D eigenvalue weighted by Gasteiger charge is -2.07. The molecule has 0 bridgehead atoms. The van der Waals surface area contributed by atoms with Gasteiger partial charge in [-0.2, -0.15) is 0 Å². The standard InChI is InChI=1S/C25H21F3O/c1-3-5-19-12-13-20(25(28)24(19)27)11-8-17-6-9-18(10-7-17)21-14-15-23(29-4-2)22(26)16-21/h3,5-16H,4H2,1-2H3/b5-3+,11-8+. The highest BCUT2D eigenvalue weighted by Gasteiger charge is 2.10. The van der Waals surface area contributed by atoms with Crippen molar-refractivity contribution in [1.82, 2.24) is 0 Å². The van der Waals surface area contributed by atoms with Crippen molar-refractivity contribution in [2.75, 3.05) is 6.61 Å². The summed E-state index contributed by atoms with van der Waals surface area (Å²) >= 11 is 0. The van der Waals surface area contributed by atoms with Crippen molar-refractivity contribution in [3.8, 4) is 16.9 Å². The first-order valence-corrected chi connectivity index (χ1v) is 9.35. The summed E-state index contributed by atoms with van der Waals surface area (Å²) in [4.78, 5) is 0. The summed E-state index contributed by atoms with van der Waals surface area (Å²) in [6.07, 6.45) is 6.42. The van der Waals surface area contributed by atoms with E-state index in [0.717, 1.165) is 16.7 Å².